The Balaban J connectivity index is 2.71. The van der Waals surface area contributed by atoms with E-state index in [-0.39, 0.29) is 11.5 Å². The van der Waals surface area contributed by atoms with Gasteiger partial charge in [0, 0.05) is 24.2 Å². The molecule has 0 fully saturated rings. The van der Waals surface area contributed by atoms with Crippen LogP contribution in [0.3, 0.4) is 0 Å². The third kappa shape index (κ3) is 1.72. The van der Waals surface area contributed by atoms with Crippen LogP contribution in [0.4, 0.5) is 5.82 Å². The second kappa shape index (κ2) is 4.30. The van der Waals surface area contributed by atoms with Crippen LogP contribution in [0.15, 0.2) is 18.3 Å². The molecule has 6 heteroatoms. The Morgan fingerprint density at radius 1 is 1.44 bits per heavy atom. The molecule has 0 aliphatic rings. The van der Waals surface area contributed by atoms with E-state index in [2.05, 4.69) is 5.10 Å². The van der Waals surface area contributed by atoms with Crippen LogP contribution in [0.25, 0.3) is 11.1 Å². The molecule has 0 aliphatic carbocycles. The molecule has 0 amide bonds. The van der Waals surface area contributed by atoms with Crippen molar-refractivity contribution in [3.05, 3.63) is 23.9 Å². The van der Waals surface area contributed by atoms with E-state index in [1.54, 1.807) is 13.1 Å². The number of hydrogen-bond acceptors (Lipinski definition) is 5. The van der Waals surface area contributed by atoms with Gasteiger partial charge >= 0.3 is 0 Å². The van der Waals surface area contributed by atoms with Gasteiger partial charge < -0.3 is 15.6 Å². The van der Waals surface area contributed by atoms with Crippen LogP contribution in [-0.4, -0.2) is 22.0 Å². The van der Waals surface area contributed by atoms with Crippen LogP contribution >= 0.6 is 0 Å². The molecule has 3 N–H and O–H groups in total. The molecule has 0 saturated heterocycles. The number of ether oxygens (including phenoxy) is 1. The number of aryl methyl sites for hydroxylation is 1. The molecule has 1 aromatic carbocycles. The molecule has 92 valence electrons. The summed E-state index contributed by atoms with van der Waals surface area (Å²) in [6.45, 7) is 0. The van der Waals surface area contributed by atoms with E-state index < -0.39 is 0 Å². The molecular formula is C12H12N4O2. The van der Waals surface area contributed by atoms with Crippen molar-refractivity contribution in [2.75, 3.05) is 12.8 Å². The number of methoxy groups -OCH3 is 1. The maximum absolute atomic E-state index is 10.1. The van der Waals surface area contributed by atoms with E-state index in [1.165, 1.54) is 24.1 Å². The van der Waals surface area contributed by atoms with Crippen LogP contribution in [-0.2, 0) is 7.05 Å². The third-order valence-corrected chi connectivity index (χ3v) is 2.70. The lowest BCUT2D eigenvalue weighted by Gasteiger charge is -2.09. The lowest BCUT2D eigenvalue weighted by atomic mass is 10.0. The average molecular weight is 244 g/mol. The summed E-state index contributed by atoms with van der Waals surface area (Å²) in [6.07, 6.45) is 1.53. The van der Waals surface area contributed by atoms with Gasteiger partial charge in [-0.1, -0.05) is 0 Å². The minimum absolute atomic E-state index is 0.0591. The van der Waals surface area contributed by atoms with Gasteiger partial charge in [0.05, 0.1) is 24.9 Å². The SMILES string of the molecule is COc1cc(C#N)cc(-c2cnn(C)c2N)c1O. The zero-order chi connectivity index (χ0) is 13.3. The molecule has 0 spiro atoms. The highest BCUT2D eigenvalue weighted by Crippen LogP contribution is 2.40. The van der Waals surface area contributed by atoms with Crippen molar-refractivity contribution in [1.29, 1.82) is 5.26 Å². The summed E-state index contributed by atoms with van der Waals surface area (Å²) in [5.74, 6) is 0.575. The zero-order valence-corrected chi connectivity index (χ0v) is 10.0. The number of benzene rings is 1. The molecule has 2 rings (SSSR count). The second-order valence-corrected chi connectivity index (χ2v) is 3.75. The predicted molar refractivity (Wildman–Crippen MR) is 66.0 cm³/mol. The van der Waals surface area contributed by atoms with Crippen molar-refractivity contribution in [2.24, 2.45) is 7.05 Å². The first-order chi connectivity index (χ1) is 8.58. The molecule has 1 aromatic heterocycles. The molecule has 0 radical (unpaired) electrons. The number of aromatic hydroxyl groups is 1. The van der Waals surface area contributed by atoms with Gasteiger partial charge in [-0.05, 0) is 6.07 Å². The Labute approximate surface area is 104 Å². The lowest BCUT2D eigenvalue weighted by Crippen LogP contribution is -1.98. The van der Waals surface area contributed by atoms with E-state index in [4.69, 9.17) is 15.7 Å². The summed E-state index contributed by atoms with van der Waals surface area (Å²) in [5, 5.41) is 23.0. The summed E-state index contributed by atoms with van der Waals surface area (Å²) in [7, 11) is 3.12. The number of rotatable bonds is 2. The Morgan fingerprint density at radius 2 is 2.17 bits per heavy atom. The highest BCUT2D eigenvalue weighted by atomic mass is 16.5. The molecule has 1 heterocycles. The van der Waals surface area contributed by atoms with Crippen molar-refractivity contribution >= 4 is 5.82 Å². The lowest BCUT2D eigenvalue weighted by molar-refractivity contribution is 0.374. The molecule has 0 bridgehead atoms. The number of nitrogens with two attached hydrogens (primary N) is 1. The van der Waals surface area contributed by atoms with Gasteiger partial charge in [-0.3, -0.25) is 4.68 Å². The smallest absolute Gasteiger partial charge is 0.165 e. The first-order valence-corrected chi connectivity index (χ1v) is 5.17. The number of phenols is 1. The van der Waals surface area contributed by atoms with Gasteiger partial charge in [0.2, 0.25) is 0 Å². The number of nitrogens with zero attached hydrogens (tertiary/aromatic N) is 3. The van der Waals surface area contributed by atoms with E-state index in [0.717, 1.165) is 0 Å². The summed E-state index contributed by atoms with van der Waals surface area (Å²) in [5.41, 5.74) is 7.22. The molecular weight excluding hydrogens is 232 g/mol. The molecule has 0 unspecified atom stereocenters. The topological polar surface area (TPSA) is 97.1 Å². The van der Waals surface area contributed by atoms with Gasteiger partial charge in [-0.25, -0.2) is 0 Å². The fraction of sp³-hybridized carbons (Fsp3) is 0.167. The fourth-order valence-corrected chi connectivity index (χ4v) is 1.69. The first-order valence-electron chi connectivity index (χ1n) is 5.17. The Morgan fingerprint density at radius 3 is 2.67 bits per heavy atom. The summed E-state index contributed by atoms with van der Waals surface area (Å²) < 4.78 is 6.51. The summed E-state index contributed by atoms with van der Waals surface area (Å²) in [4.78, 5) is 0. The number of aromatic nitrogens is 2. The Hall–Kier alpha value is -2.68. The minimum Gasteiger partial charge on any atom is -0.504 e. The number of phenolic OH excluding ortho intramolecular Hbond substituents is 1. The van der Waals surface area contributed by atoms with Crippen LogP contribution in [0.5, 0.6) is 11.5 Å². The summed E-state index contributed by atoms with van der Waals surface area (Å²) >= 11 is 0. The molecule has 6 nitrogen and oxygen atoms in total. The minimum atomic E-state index is -0.0591. The molecule has 18 heavy (non-hydrogen) atoms. The van der Waals surface area contributed by atoms with Crippen LogP contribution in [0, 0.1) is 11.3 Å². The normalized spacial score (nSPS) is 10.1. The van der Waals surface area contributed by atoms with Crippen LogP contribution in [0.2, 0.25) is 0 Å². The summed E-state index contributed by atoms with van der Waals surface area (Å²) in [6, 6.07) is 5.02. The second-order valence-electron chi connectivity index (χ2n) is 3.75. The van der Waals surface area contributed by atoms with E-state index in [9.17, 15) is 5.11 Å². The standard InChI is InChI=1S/C12H12N4O2/c1-16-12(14)9(6-15-16)8-3-7(5-13)4-10(18-2)11(8)17/h3-4,6,17H,14H2,1-2H3. The van der Waals surface area contributed by atoms with Gasteiger partial charge in [0.25, 0.3) is 0 Å². The van der Waals surface area contributed by atoms with Gasteiger partial charge in [-0.2, -0.15) is 10.4 Å². The first kappa shape index (κ1) is 11.8. The Bertz CT molecular complexity index is 640. The number of anilines is 1. The van der Waals surface area contributed by atoms with Crippen LogP contribution in [0.1, 0.15) is 5.56 Å². The average Bonchev–Trinajstić information content (AvgIpc) is 2.70. The van der Waals surface area contributed by atoms with E-state index >= 15 is 0 Å². The van der Waals surface area contributed by atoms with Crippen molar-refractivity contribution in [2.45, 2.75) is 0 Å². The quantitative estimate of drug-likeness (QED) is 0.828. The fourth-order valence-electron chi connectivity index (χ4n) is 1.69. The van der Waals surface area contributed by atoms with E-state index in [0.29, 0.717) is 22.5 Å². The van der Waals surface area contributed by atoms with Crippen LogP contribution < -0.4 is 10.5 Å². The monoisotopic (exact) mass is 244 g/mol. The maximum atomic E-state index is 10.1. The number of nitriles is 1. The van der Waals surface area contributed by atoms with Crippen molar-refractivity contribution in [3.8, 4) is 28.7 Å². The largest absolute Gasteiger partial charge is 0.504 e. The van der Waals surface area contributed by atoms with Gasteiger partial charge in [0.1, 0.15) is 5.82 Å². The highest BCUT2D eigenvalue weighted by molar-refractivity contribution is 5.81. The van der Waals surface area contributed by atoms with Gasteiger partial charge in [-0.15, -0.1) is 0 Å². The zero-order valence-electron chi connectivity index (χ0n) is 10.0. The Kier molecular flexibility index (Phi) is 2.81. The van der Waals surface area contributed by atoms with Crippen molar-refractivity contribution in [3.63, 3.8) is 0 Å². The highest BCUT2D eigenvalue weighted by Gasteiger charge is 2.16. The van der Waals surface area contributed by atoms with Crippen molar-refractivity contribution < 1.29 is 9.84 Å². The number of hydrogen-bond donors (Lipinski definition) is 2. The molecule has 2 aromatic rings. The van der Waals surface area contributed by atoms with Gasteiger partial charge in [0.15, 0.2) is 11.5 Å². The molecule has 0 atom stereocenters. The predicted octanol–water partition coefficient (Wildman–Crippen LogP) is 1.26. The van der Waals surface area contributed by atoms with E-state index in [1.807, 2.05) is 6.07 Å². The van der Waals surface area contributed by atoms with Crippen molar-refractivity contribution in [1.82, 2.24) is 9.78 Å². The maximum Gasteiger partial charge on any atom is 0.165 e. The molecule has 0 saturated carbocycles. The number of nitrogen functional groups attached to an aromatic ring is 1. The third-order valence-electron chi connectivity index (χ3n) is 2.70. The molecule has 0 aliphatic heterocycles.